The number of fused-ring (bicyclic) bond motifs is 5. The number of carboxylic acid groups (broad SMARTS) is 1. The summed E-state index contributed by atoms with van der Waals surface area (Å²) in [6, 6.07) is 3.40. The number of esters is 1. The molecule has 6 atom stereocenters. The van der Waals surface area contributed by atoms with E-state index in [1.165, 1.54) is 12.0 Å². The summed E-state index contributed by atoms with van der Waals surface area (Å²) in [6.07, 6.45) is 4.34. The van der Waals surface area contributed by atoms with Gasteiger partial charge in [-0.2, -0.15) is 8.78 Å². The van der Waals surface area contributed by atoms with Gasteiger partial charge in [-0.25, -0.2) is 14.8 Å². The van der Waals surface area contributed by atoms with E-state index < -0.39 is 77.3 Å². The molecule has 46 heavy (non-hydrogen) atoms. The van der Waals surface area contributed by atoms with E-state index in [0.29, 0.717) is 25.0 Å². The molecular weight excluding hydrogens is 600 g/mol. The first-order chi connectivity index (χ1) is 21.7. The first kappa shape index (κ1) is 33.5. The molecule has 1 saturated heterocycles. The zero-order chi connectivity index (χ0) is 33.4. The molecule has 12 heteroatoms. The molecule has 1 aromatic heterocycles. The Morgan fingerprint density at radius 1 is 1.09 bits per heavy atom. The Hall–Kier alpha value is -3.83. The van der Waals surface area contributed by atoms with Crippen molar-refractivity contribution >= 4 is 28.9 Å². The molecule has 1 aliphatic carbocycles. The van der Waals surface area contributed by atoms with Crippen LogP contribution in [0.1, 0.15) is 78.3 Å². The number of carbonyl (C=O) groups is 3. The van der Waals surface area contributed by atoms with Gasteiger partial charge in [-0.15, -0.1) is 0 Å². The largest absolute Gasteiger partial charge is 0.497 e. The second kappa shape index (κ2) is 13.1. The highest BCUT2D eigenvalue weighted by atomic mass is 19.3. The predicted molar refractivity (Wildman–Crippen MR) is 164 cm³/mol. The lowest BCUT2D eigenvalue weighted by Gasteiger charge is -2.35. The summed E-state index contributed by atoms with van der Waals surface area (Å²) in [6.45, 7) is 6.86. The first-order valence-electron chi connectivity index (χ1n) is 16.0. The fraction of sp³-hybridized carbons (Fsp3) is 0.618. The second-order valence-electron chi connectivity index (χ2n) is 13.8. The number of carboxylic acids is 1. The molecule has 2 aliphatic heterocycles. The number of carbonyl (C=O) groups excluding carboxylic acids is 2. The van der Waals surface area contributed by atoms with Gasteiger partial charge in [0.05, 0.1) is 37.0 Å². The number of nitrogens with zero attached hydrogens (tertiary/aromatic N) is 3. The molecule has 0 unspecified atom stereocenters. The van der Waals surface area contributed by atoms with Crippen molar-refractivity contribution in [3.63, 3.8) is 0 Å². The van der Waals surface area contributed by atoms with Crippen LogP contribution < -0.4 is 9.47 Å². The fourth-order valence-corrected chi connectivity index (χ4v) is 6.79. The molecule has 1 fully saturated rings. The van der Waals surface area contributed by atoms with E-state index >= 15 is 8.78 Å². The minimum absolute atomic E-state index is 0.139. The van der Waals surface area contributed by atoms with Crippen molar-refractivity contribution in [3.05, 3.63) is 36.0 Å². The van der Waals surface area contributed by atoms with Gasteiger partial charge in [0.1, 0.15) is 24.0 Å². The molecular formula is C34H43F2N3O7. The normalized spacial score (nSPS) is 29.2. The van der Waals surface area contributed by atoms with Gasteiger partial charge in [0.25, 0.3) is 5.92 Å². The summed E-state index contributed by atoms with van der Waals surface area (Å²) >= 11 is 0. The van der Waals surface area contributed by atoms with Crippen LogP contribution in [-0.2, 0) is 25.0 Å². The molecule has 1 N–H and O–H groups in total. The van der Waals surface area contributed by atoms with Gasteiger partial charge in [-0.05, 0) is 43.2 Å². The highest BCUT2D eigenvalue weighted by molar-refractivity contribution is 5.89. The third kappa shape index (κ3) is 6.95. The maximum Gasteiger partial charge on any atom is 0.326 e. The molecule has 2 aromatic rings. The van der Waals surface area contributed by atoms with Crippen LogP contribution in [0.25, 0.3) is 11.0 Å². The number of allylic oxidation sites excluding steroid dienone is 1. The van der Waals surface area contributed by atoms with Crippen LogP contribution in [-0.4, -0.2) is 69.7 Å². The number of aromatic nitrogens is 2. The Morgan fingerprint density at radius 3 is 2.54 bits per heavy atom. The molecule has 3 heterocycles. The van der Waals surface area contributed by atoms with Crippen LogP contribution >= 0.6 is 0 Å². The summed E-state index contributed by atoms with van der Waals surface area (Å²) < 4.78 is 49.4. The van der Waals surface area contributed by atoms with Crippen LogP contribution in [0.5, 0.6) is 11.6 Å². The molecule has 2 bridgehead atoms. The smallest absolute Gasteiger partial charge is 0.326 e. The Kier molecular flexibility index (Phi) is 9.56. The van der Waals surface area contributed by atoms with Crippen molar-refractivity contribution in [2.24, 2.45) is 23.2 Å². The summed E-state index contributed by atoms with van der Waals surface area (Å²) in [5, 5.41) is 10.2. The van der Waals surface area contributed by atoms with E-state index in [9.17, 15) is 19.5 Å². The highest BCUT2D eigenvalue weighted by Gasteiger charge is 2.51. The molecule has 0 spiro atoms. The number of halogens is 2. The van der Waals surface area contributed by atoms with Crippen LogP contribution in [0.2, 0.25) is 0 Å². The van der Waals surface area contributed by atoms with E-state index in [0.717, 1.165) is 6.42 Å². The molecule has 5 rings (SSSR count). The number of alkyl halides is 2. The summed E-state index contributed by atoms with van der Waals surface area (Å²) in [4.78, 5) is 50.0. The Bertz CT molecular complexity index is 1510. The van der Waals surface area contributed by atoms with Gasteiger partial charge in [-0.3, -0.25) is 9.59 Å². The Balaban J connectivity index is 1.59. The number of aliphatic carboxylic acids is 1. The number of hydrogen-bond donors (Lipinski definition) is 1. The van der Waals surface area contributed by atoms with Gasteiger partial charge < -0.3 is 24.2 Å². The molecule has 0 radical (unpaired) electrons. The minimum Gasteiger partial charge on any atom is -0.497 e. The average Bonchev–Trinajstić information content (AvgIpc) is 3.32. The average molecular weight is 644 g/mol. The lowest BCUT2D eigenvalue weighted by molar-refractivity contribution is -0.160. The van der Waals surface area contributed by atoms with E-state index in [2.05, 4.69) is 9.97 Å². The van der Waals surface area contributed by atoms with Crippen molar-refractivity contribution in [1.29, 1.82) is 0 Å². The molecule has 1 aromatic carbocycles. The minimum atomic E-state index is -3.42. The monoisotopic (exact) mass is 643 g/mol. The lowest BCUT2D eigenvalue weighted by Crippen LogP contribution is -2.48. The highest BCUT2D eigenvalue weighted by Crippen LogP contribution is 2.42. The summed E-state index contributed by atoms with van der Waals surface area (Å²) in [7, 11) is 1.47. The summed E-state index contributed by atoms with van der Waals surface area (Å²) in [5.74, 6) is -7.53. The van der Waals surface area contributed by atoms with Crippen LogP contribution in [0.4, 0.5) is 8.78 Å². The number of rotatable bonds is 2. The van der Waals surface area contributed by atoms with E-state index in [1.54, 1.807) is 25.1 Å². The second-order valence-corrected chi connectivity index (χ2v) is 13.8. The standard InChI is InChI=1S/C34H43F2N3O7/c1-19-26-18-39(28(19)32(42)43)31(41)22(33(2,3)4)17-27(40)45-25-12-7-6-10-20(25)11-8-9-15-34(35,36)29-30(46-26)38-24-16-21(44-5)13-14-23(24)37-29/h6,10,13-14,16,19-20,22,25-26,28H,7-9,11-12,15,17-18H2,1-5H3,(H,42,43)/t19-,20+,22-,25-,26+,28+/m1/s1. The Labute approximate surface area is 267 Å². The molecule has 0 saturated carbocycles. The maximum absolute atomic E-state index is 16.0. The number of hydrogen-bond acceptors (Lipinski definition) is 8. The van der Waals surface area contributed by atoms with E-state index in [4.69, 9.17) is 14.2 Å². The van der Waals surface area contributed by atoms with Crippen molar-refractivity contribution in [1.82, 2.24) is 14.9 Å². The maximum atomic E-state index is 16.0. The van der Waals surface area contributed by atoms with Crippen LogP contribution in [0, 0.1) is 23.2 Å². The molecule has 250 valence electrons. The fourth-order valence-electron chi connectivity index (χ4n) is 6.79. The number of amides is 1. The van der Waals surface area contributed by atoms with Crippen molar-refractivity contribution in [2.75, 3.05) is 13.7 Å². The molecule has 3 aliphatic rings. The number of benzene rings is 1. The molecule has 10 nitrogen and oxygen atoms in total. The zero-order valence-corrected chi connectivity index (χ0v) is 27.0. The number of ether oxygens (including phenoxy) is 3. The summed E-state index contributed by atoms with van der Waals surface area (Å²) in [5.41, 5.74) is -0.848. The predicted octanol–water partition coefficient (Wildman–Crippen LogP) is 5.91. The lowest BCUT2D eigenvalue weighted by atomic mass is 9.77. The van der Waals surface area contributed by atoms with Crippen molar-refractivity contribution in [2.45, 2.75) is 96.8 Å². The van der Waals surface area contributed by atoms with Gasteiger partial charge in [0.15, 0.2) is 5.69 Å². The van der Waals surface area contributed by atoms with E-state index in [1.807, 2.05) is 32.9 Å². The van der Waals surface area contributed by atoms with Gasteiger partial charge in [0.2, 0.25) is 11.8 Å². The van der Waals surface area contributed by atoms with Crippen molar-refractivity contribution < 1.29 is 42.5 Å². The first-order valence-corrected chi connectivity index (χ1v) is 16.0. The third-order valence-electron chi connectivity index (χ3n) is 9.54. The SMILES string of the molecule is COc1ccc2nc3c(nc2c1)O[C@H]1CN(C(=O)[C@H](C(C)(C)C)CC(=O)O[C@@H]2CCC=C[C@H]2CCCCC3(F)F)[C@H](C(=O)O)[C@@H]1C. The van der Waals surface area contributed by atoms with Crippen LogP contribution in [0.15, 0.2) is 30.4 Å². The molecule has 1 amide bonds. The number of methoxy groups -OCH3 is 1. The topological polar surface area (TPSA) is 128 Å². The van der Waals surface area contributed by atoms with Gasteiger partial charge in [0, 0.05) is 24.3 Å². The third-order valence-corrected chi connectivity index (χ3v) is 9.54. The van der Waals surface area contributed by atoms with E-state index in [-0.39, 0.29) is 36.3 Å². The zero-order valence-electron chi connectivity index (χ0n) is 27.0. The van der Waals surface area contributed by atoms with Gasteiger partial charge >= 0.3 is 11.9 Å². The quantitative estimate of drug-likeness (QED) is 0.314. The Morgan fingerprint density at radius 2 is 1.85 bits per heavy atom. The van der Waals surface area contributed by atoms with Crippen LogP contribution in [0.3, 0.4) is 0 Å². The van der Waals surface area contributed by atoms with Crippen molar-refractivity contribution in [3.8, 4) is 11.6 Å². The van der Waals surface area contributed by atoms with Gasteiger partial charge in [-0.1, -0.05) is 46.3 Å².